The number of nitrogens with zero attached hydrogens (tertiary/aromatic N) is 1. The normalized spacial score (nSPS) is 20.4. The van der Waals surface area contributed by atoms with E-state index >= 15 is 0 Å². The minimum Gasteiger partial charge on any atom is -0.463 e. The lowest BCUT2D eigenvalue weighted by molar-refractivity contribution is 0.00193. The Hall–Kier alpha value is -0.840. The van der Waals surface area contributed by atoms with Gasteiger partial charge in [0.25, 0.3) is 0 Å². The fourth-order valence-corrected chi connectivity index (χ4v) is 2.74. The lowest BCUT2D eigenvalue weighted by Gasteiger charge is -2.31. The van der Waals surface area contributed by atoms with Gasteiger partial charge in [-0.2, -0.15) is 0 Å². The summed E-state index contributed by atoms with van der Waals surface area (Å²) in [5, 5.41) is 3.36. The summed E-state index contributed by atoms with van der Waals surface area (Å²) < 4.78 is 11.6. The summed E-state index contributed by atoms with van der Waals surface area (Å²) in [5.74, 6) is 2.10. The summed E-state index contributed by atoms with van der Waals surface area (Å²) in [6.45, 7) is 10.00. The standard InChI is InChI=1S/C16H28N2O2/c1-3-9-17-11-14-7-8-16(20-14)13-18-10-5-6-15(12-18)19-4-2/h7-8,15,17H,3-6,9-13H2,1-2H3. The SMILES string of the molecule is CCCNCc1ccc(CN2CCCC(OCC)C2)o1. The maximum Gasteiger partial charge on any atom is 0.118 e. The molecule has 1 fully saturated rings. The topological polar surface area (TPSA) is 37.6 Å². The van der Waals surface area contributed by atoms with Crippen molar-refractivity contribution in [2.75, 3.05) is 26.2 Å². The number of hydrogen-bond donors (Lipinski definition) is 1. The summed E-state index contributed by atoms with van der Waals surface area (Å²) in [6.07, 6.45) is 3.96. The number of rotatable bonds is 8. The second-order valence-corrected chi connectivity index (χ2v) is 5.50. The third-order valence-corrected chi connectivity index (χ3v) is 3.69. The molecular weight excluding hydrogens is 252 g/mol. The Morgan fingerprint density at radius 3 is 3.00 bits per heavy atom. The van der Waals surface area contributed by atoms with Gasteiger partial charge in [-0.1, -0.05) is 6.92 Å². The molecule has 1 aliphatic rings. The van der Waals surface area contributed by atoms with Crippen molar-refractivity contribution < 1.29 is 9.15 Å². The van der Waals surface area contributed by atoms with Gasteiger partial charge in [0.05, 0.1) is 19.2 Å². The molecule has 4 nitrogen and oxygen atoms in total. The van der Waals surface area contributed by atoms with Gasteiger partial charge >= 0.3 is 0 Å². The summed E-state index contributed by atoms with van der Waals surface area (Å²) in [6, 6.07) is 4.19. The van der Waals surface area contributed by atoms with Gasteiger partial charge in [0.2, 0.25) is 0 Å². The highest BCUT2D eigenvalue weighted by Crippen LogP contribution is 2.17. The van der Waals surface area contributed by atoms with Gasteiger partial charge in [-0.3, -0.25) is 4.90 Å². The molecule has 114 valence electrons. The van der Waals surface area contributed by atoms with Crippen LogP contribution in [0, 0.1) is 0 Å². The van der Waals surface area contributed by atoms with E-state index in [1.54, 1.807) is 0 Å². The summed E-state index contributed by atoms with van der Waals surface area (Å²) in [5.41, 5.74) is 0. The number of hydrogen-bond acceptors (Lipinski definition) is 4. The molecule has 20 heavy (non-hydrogen) atoms. The smallest absolute Gasteiger partial charge is 0.118 e. The fraction of sp³-hybridized carbons (Fsp3) is 0.750. The maximum atomic E-state index is 5.88. The van der Waals surface area contributed by atoms with E-state index < -0.39 is 0 Å². The van der Waals surface area contributed by atoms with Gasteiger partial charge in [0, 0.05) is 13.2 Å². The molecule has 2 heterocycles. The van der Waals surface area contributed by atoms with Gasteiger partial charge in [0.1, 0.15) is 11.5 Å². The average Bonchev–Trinajstić information content (AvgIpc) is 2.87. The highest BCUT2D eigenvalue weighted by atomic mass is 16.5. The van der Waals surface area contributed by atoms with Crippen LogP contribution in [0.3, 0.4) is 0 Å². The zero-order valence-corrected chi connectivity index (χ0v) is 12.9. The van der Waals surface area contributed by atoms with Gasteiger partial charge in [-0.05, 0) is 51.4 Å². The number of likely N-dealkylation sites (tertiary alicyclic amines) is 1. The monoisotopic (exact) mass is 280 g/mol. The number of nitrogens with one attached hydrogen (secondary N) is 1. The van der Waals surface area contributed by atoms with Crippen molar-refractivity contribution in [3.8, 4) is 0 Å². The summed E-state index contributed by atoms with van der Waals surface area (Å²) in [7, 11) is 0. The first-order chi connectivity index (χ1) is 9.81. The van der Waals surface area contributed by atoms with Crippen molar-refractivity contribution in [2.24, 2.45) is 0 Å². The largest absolute Gasteiger partial charge is 0.463 e. The molecular formula is C16H28N2O2. The molecule has 1 aliphatic heterocycles. The minimum atomic E-state index is 0.398. The first-order valence-corrected chi connectivity index (χ1v) is 7.94. The van der Waals surface area contributed by atoms with Crippen LogP contribution in [0.2, 0.25) is 0 Å². The Morgan fingerprint density at radius 2 is 2.20 bits per heavy atom. The fourth-order valence-electron chi connectivity index (χ4n) is 2.74. The second kappa shape index (κ2) is 8.45. The van der Waals surface area contributed by atoms with Crippen LogP contribution in [0.5, 0.6) is 0 Å². The van der Waals surface area contributed by atoms with Crippen LogP contribution in [0.15, 0.2) is 16.5 Å². The molecule has 1 saturated heterocycles. The molecule has 0 aliphatic carbocycles. The number of ether oxygens (including phenoxy) is 1. The molecule has 1 unspecified atom stereocenters. The Bertz CT molecular complexity index is 376. The van der Waals surface area contributed by atoms with Crippen molar-refractivity contribution in [3.63, 3.8) is 0 Å². The molecule has 0 saturated carbocycles. The van der Waals surface area contributed by atoms with Crippen molar-refractivity contribution in [1.29, 1.82) is 0 Å². The van der Waals surface area contributed by atoms with Crippen LogP contribution >= 0.6 is 0 Å². The van der Waals surface area contributed by atoms with E-state index in [1.165, 1.54) is 12.8 Å². The van der Waals surface area contributed by atoms with Crippen molar-refractivity contribution in [1.82, 2.24) is 10.2 Å². The van der Waals surface area contributed by atoms with Gasteiger partial charge in [0.15, 0.2) is 0 Å². The van der Waals surface area contributed by atoms with Crippen molar-refractivity contribution >= 4 is 0 Å². The number of piperidine rings is 1. The van der Waals surface area contributed by atoms with Crippen LogP contribution in [0.25, 0.3) is 0 Å². The van der Waals surface area contributed by atoms with E-state index in [9.17, 15) is 0 Å². The maximum absolute atomic E-state index is 5.88. The Kier molecular flexibility index (Phi) is 6.57. The highest BCUT2D eigenvalue weighted by Gasteiger charge is 2.20. The molecule has 1 aromatic rings. The van der Waals surface area contributed by atoms with E-state index in [4.69, 9.17) is 9.15 Å². The lowest BCUT2D eigenvalue weighted by atomic mass is 10.1. The molecule has 1 N–H and O–H groups in total. The Morgan fingerprint density at radius 1 is 1.35 bits per heavy atom. The first kappa shape index (κ1) is 15.5. The summed E-state index contributed by atoms with van der Waals surface area (Å²) >= 11 is 0. The van der Waals surface area contributed by atoms with Crippen LogP contribution in [-0.4, -0.2) is 37.2 Å². The van der Waals surface area contributed by atoms with Gasteiger partial charge < -0.3 is 14.5 Å². The van der Waals surface area contributed by atoms with Crippen LogP contribution in [-0.2, 0) is 17.8 Å². The molecule has 0 spiro atoms. The van der Waals surface area contributed by atoms with Crippen LogP contribution in [0.4, 0.5) is 0 Å². The molecule has 1 atom stereocenters. The van der Waals surface area contributed by atoms with E-state index in [0.29, 0.717) is 6.10 Å². The Labute approximate surface area is 122 Å². The molecule has 4 heteroatoms. The predicted molar refractivity (Wildman–Crippen MR) is 80.6 cm³/mol. The van der Waals surface area contributed by atoms with E-state index in [2.05, 4.69) is 36.2 Å². The quantitative estimate of drug-likeness (QED) is 0.743. The van der Waals surface area contributed by atoms with Crippen molar-refractivity contribution in [3.05, 3.63) is 23.7 Å². The summed E-state index contributed by atoms with van der Waals surface area (Å²) in [4.78, 5) is 2.44. The van der Waals surface area contributed by atoms with Gasteiger partial charge in [-0.25, -0.2) is 0 Å². The molecule has 2 rings (SSSR count). The number of furan rings is 1. The molecule has 0 radical (unpaired) electrons. The Balaban J connectivity index is 1.77. The molecule has 0 aromatic carbocycles. The van der Waals surface area contributed by atoms with E-state index in [0.717, 1.165) is 57.3 Å². The molecule has 1 aromatic heterocycles. The first-order valence-electron chi connectivity index (χ1n) is 7.94. The van der Waals surface area contributed by atoms with Gasteiger partial charge in [-0.15, -0.1) is 0 Å². The van der Waals surface area contributed by atoms with Crippen molar-refractivity contribution in [2.45, 2.75) is 52.3 Å². The van der Waals surface area contributed by atoms with E-state index in [1.807, 2.05) is 0 Å². The highest BCUT2D eigenvalue weighted by molar-refractivity contribution is 5.07. The lowest BCUT2D eigenvalue weighted by Crippen LogP contribution is -2.39. The zero-order chi connectivity index (χ0) is 14.2. The zero-order valence-electron chi connectivity index (χ0n) is 12.9. The minimum absolute atomic E-state index is 0.398. The molecule has 0 amide bonds. The third kappa shape index (κ3) is 4.93. The third-order valence-electron chi connectivity index (χ3n) is 3.69. The average molecular weight is 280 g/mol. The van der Waals surface area contributed by atoms with E-state index in [-0.39, 0.29) is 0 Å². The van der Waals surface area contributed by atoms with Crippen LogP contribution < -0.4 is 5.32 Å². The van der Waals surface area contributed by atoms with Crippen LogP contribution in [0.1, 0.15) is 44.6 Å². The second-order valence-electron chi connectivity index (χ2n) is 5.50. The molecule has 0 bridgehead atoms. The predicted octanol–water partition coefficient (Wildman–Crippen LogP) is 2.78.